The second-order valence-electron chi connectivity index (χ2n) is 5.80. The number of nitrogens with one attached hydrogen (secondary N) is 2. The van der Waals surface area contributed by atoms with Gasteiger partial charge in [-0.2, -0.15) is 13.1 Å². The average molecular weight is 416 g/mol. The van der Waals surface area contributed by atoms with Crippen LogP contribution in [0.25, 0.3) is 0 Å². The standard InChI is InChI=1S/C16H18ClN3O4S2/c1-18-26(22,23)24-9-14(21)20-16-19-13-7-3-6-12(15(13)25-16)10-4-2-5-11(17)8-10/h2,4-5,8,12,18H,3,6-7,9H2,1H3,(H,19,20,21)/t12-/m1/s1. The van der Waals surface area contributed by atoms with Gasteiger partial charge in [0.1, 0.15) is 6.61 Å². The number of anilines is 1. The van der Waals surface area contributed by atoms with Gasteiger partial charge in [0.25, 0.3) is 5.91 Å². The summed E-state index contributed by atoms with van der Waals surface area (Å²) in [6.07, 6.45) is 2.85. The van der Waals surface area contributed by atoms with Crippen molar-refractivity contribution >= 4 is 44.3 Å². The van der Waals surface area contributed by atoms with Crippen LogP contribution in [0.2, 0.25) is 5.02 Å². The molecule has 7 nitrogen and oxygen atoms in total. The molecule has 1 aliphatic carbocycles. The van der Waals surface area contributed by atoms with Crippen molar-refractivity contribution in [2.75, 3.05) is 19.0 Å². The van der Waals surface area contributed by atoms with Crippen LogP contribution < -0.4 is 10.0 Å². The van der Waals surface area contributed by atoms with E-state index in [1.807, 2.05) is 29.0 Å². The Hall–Kier alpha value is -1.52. The number of hydrogen-bond donors (Lipinski definition) is 2. The zero-order valence-corrected chi connectivity index (χ0v) is 16.4. The monoisotopic (exact) mass is 415 g/mol. The third kappa shape index (κ3) is 4.60. The van der Waals surface area contributed by atoms with E-state index in [-0.39, 0.29) is 5.92 Å². The van der Waals surface area contributed by atoms with E-state index >= 15 is 0 Å². The molecule has 1 amide bonds. The zero-order chi connectivity index (χ0) is 18.7. The number of thiazole rings is 1. The third-order valence-corrected chi connectivity index (χ3v) is 6.33. The van der Waals surface area contributed by atoms with Crippen LogP contribution in [0.5, 0.6) is 0 Å². The zero-order valence-electron chi connectivity index (χ0n) is 14.0. The molecule has 1 heterocycles. The Labute approximate surface area is 161 Å². The Kier molecular flexibility index (Phi) is 5.93. The first-order valence-corrected chi connectivity index (χ1v) is 10.6. The van der Waals surface area contributed by atoms with Crippen LogP contribution in [-0.2, 0) is 25.7 Å². The summed E-state index contributed by atoms with van der Waals surface area (Å²) in [5.41, 5.74) is 2.09. The normalized spacial score (nSPS) is 16.9. The Morgan fingerprint density at radius 1 is 1.46 bits per heavy atom. The van der Waals surface area contributed by atoms with E-state index in [1.54, 1.807) is 0 Å². The summed E-state index contributed by atoms with van der Waals surface area (Å²) in [5.74, 6) is -0.379. The fourth-order valence-corrected chi connectivity index (χ4v) is 4.63. The highest BCUT2D eigenvalue weighted by molar-refractivity contribution is 7.84. The number of carbonyl (C=O) groups is 1. The summed E-state index contributed by atoms with van der Waals surface area (Å²) >= 11 is 7.52. The molecule has 2 aromatic rings. The first-order valence-electron chi connectivity index (χ1n) is 8.01. The molecule has 1 atom stereocenters. The molecule has 26 heavy (non-hydrogen) atoms. The van der Waals surface area contributed by atoms with Crippen LogP contribution in [0.1, 0.15) is 34.9 Å². The minimum absolute atomic E-state index is 0.196. The van der Waals surface area contributed by atoms with Gasteiger partial charge in [0.15, 0.2) is 5.13 Å². The summed E-state index contributed by atoms with van der Waals surface area (Å²) in [7, 11) is -2.69. The summed E-state index contributed by atoms with van der Waals surface area (Å²) < 4.78 is 28.9. The summed E-state index contributed by atoms with van der Waals surface area (Å²) in [5, 5.41) is 3.74. The van der Waals surface area contributed by atoms with E-state index < -0.39 is 22.8 Å². The number of amides is 1. The molecule has 0 aliphatic heterocycles. The van der Waals surface area contributed by atoms with Crippen molar-refractivity contribution in [1.82, 2.24) is 9.71 Å². The Balaban J connectivity index is 1.74. The van der Waals surface area contributed by atoms with E-state index in [9.17, 15) is 13.2 Å². The highest BCUT2D eigenvalue weighted by atomic mass is 35.5. The van der Waals surface area contributed by atoms with Crippen LogP contribution in [-0.4, -0.2) is 33.0 Å². The van der Waals surface area contributed by atoms with Gasteiger partial charge >= 0.3 is 10.3 Å². The van der Waals surface area contributed by atoms with E-state index in [2.05, 4.69) is 14.5 Å². The van der Waals surface area contributed by atoms with Gasteiger partial charge in [0.05, 0.1) is 5.69 Å². The van der Waals surface area contributed by atoms with Gasteiger partial charge in [-0.15, -0.1) is 11.3 Å². The molecule has 1 aliphatic rings. The summed E-state index contributed by atoms with van der Waals surface area (Å²) in [6.45, 7) is -0.606. The number of nitrogens with zero attached hydrogens (tertiary/aromatic N) is 1. The number of halogens is 1. The van der Waals surface area contributed by atoms with Gasteiger partial charge in [-0.25, -0.2) is 9.17 Å². The van der Waals surface area contributed by atoms with Crippen molar-refractivity contribution in [2.45, 2.75) is 25.2 Å². The molecule has 0 radical (unpaired) electrons. The largest absolute Gasteiger partial charge is 0.336 e. The minimum Gasteiger partial charge on any atom is -0.300 e. The molecule has 0 fully saturated rings. The van der Waals surface area contributed by atoms with Crippen molar-refractivity contribution in [2.24, 2.45) is 0 Å². The lowest BCUT2D eigenvalue weighted by atomic mass is 9.86. The molecule has 3 rings (SSSR count). The first kappa shape index (κ1) is 19.2. The van der Waals surface area contributed by atoms with Crippen molar-refractivity contribution in [3.63, 3.8) is 0 Å². The van der Waals surface area contributed by atoms with Gasteiger partial charge in [-0.05, 0) is 37.0 Å². The lowest BCUT2D eigenvalue weighted by molar-refractivity contribution is -0.118. The first-order chi connectivity index (χ1) is 12.4. The van der Waals surface area contributed by atoms with Crippen LogP contribution in [0.4, 0.5) is 5.13 Å². The van der Waals surface area contributed by atoms with Crippen molar-refractivity contribution in [1.29, 1.82) is 0 Å². The molecule has 140 valence electrons. The molecule has 1 aromatic carbocycles. The van der Waals surface area contributed by atoms with Gasteiger partial charge in [0, 0.05) is 22.9 Å². The molecular weight excluding hydrogens is 398 g/mol. The number of aromatic nitrogens is 1. The smallest absolute Gasteiger partial charge is 0.300 e. The number of rotatable bonds is 6. The molecule has 2 N–H and O–H groups in total. The van der Waals surface area contributed by atoms with E-state index in [4.69, 9.17) is 11.6 Å². The van der Waals surface area contributed by atoms with Crippen LogP contribution in [0.3, 0.4) is 0 Å². The van der Waals surface area contributed by atoms with Crippen LogP contribution >= 0.6 is 22.9 Å². The van der Waals surface area contributed by atoms with Crippen LogP contribution in [0, 0.1) is 0 Å². The molecular formula is C16H18ClN3O4S2. The highest BCUT2D eigenvalue weighted by Gasteiger charge is 2.26. The molecule has 0 saturated heterocycles. The van der Waals surface area contributed by atoms with E-state index in [1.165, 1.54) is 18.4 Å². The number of benzene rings is 1. The van der Waals surface area contributed by atoms with Crippen LogP contribution in [0.15, 0.2) is 24.3 Å². The molecule has 1 aromatic heterocycles. The SMILES string of the molecule is CNS(=O)(=O)OCC(=O)Nc1nc2c(s1)[C@@H](c1cccc(Cl)c1)CCC2. The van der Waals surface area contributed by atoms with Gasteiger partial charge in [0.2, 0.25) is 0 Å². The molecule has 10 heteroatoms. The lowest BCUT2D eigenvalue weighted by Gasteiger charge is -2.21. The number of hydrogen-bond acceptors (Lipinski definition) is 6. The molecule has 0 bridgehead atoms. The molecule has 0 spiro atoms. The molecule has 0 unspecified atom stereocenters. The maximum Gasteiger partial charge on any atom is 0.336 e. The summed E-state index contributed by atoms with van der Waals surface area (Å²) in [4.78, 5) is 17.5. The lowest BCUT2D eigenvalue weighted by Crippen LogP contribution is -2.27. The Morgan fingerprint density at radius 2 is 2.27 bits per heavy atom. The Bertz CT molecular complexity index is 914. The van der Waals surface area contributed by atoms with Crippen molar-refractivity contribution in [3.8, 4) is 0 Å². The van der Waals surface area contributed by atoms with Gasteiger partial charge < -0.3 is 0 Å². The van der Waals surface area contributed by atoms with E-state index in [0.29, 0.717) is 10.2 Å². The van der Waals surface area contributed by atoms with Crippen molar-refractivity contribution < 1.29 is 17.4 Å². The summed E-state index contributed by atoms with van der Waals surface area (Å²) in [6, 6.07) is 7.76. The average Bonchev–Trinajstić information content (AvgIpc) is 3.02. The molecule has 0 saturated carbocycles. The maximum absolute atomic E-state index is 11.9. The second-order valence-corrected chi connectivity index (χ2v) is 8.82. The third-order valence-electron chi connectivity index (χ3n) is 4.04. The van der Waals surface area contributed by atoms with Gasteiger partial charge in [-0.1, -0.05) is 23.7 Å². The fraction of sp³-hybridized carbons (Fsp3) is 0.375. The predicted molar refractivity (Wildman–Crippen MR) is 101 cm³/mol. The predicted octanol–water partition coefficient (Wildman–Crippen LogP) is 2.68. The van der Waals surface area contributed by atoms with E-state index in [0.717, 1.165) is 35.4 Å². The Morgan fingerprint density at radius 3 is 3.00 bits per heavy atom. The minimum atomic E-state index is -3.90. The maximum atomic E-state index is 11.9. The fourth-order valence-electron chi connectivity index (χ4n) is 2.86. The highest BCUT2D eigenvalue weighted by Crippen LogP contribution is 2.41. The topological polar surface area (TPSA) is 97.4 Å². The van der Waals surface area contributed by atoms with Crippen molar-refractivity contribution in [3.05, 3.63) is 45.4 Å². The second kappa shape index (κ2) is 8.01. The quantitative estimate of drug-likeness (QED) is 0.755. The number of fused-ring (bicyclic) bond motifs is 1. The van der Waals surface area contributed by atoms with Gasteiger partial charge in [-0.3, -0.25) is 10.1 Å². The number of aryl methyl sites for hydroxylation is 1. The number of carbonyl (C=O) groups excluding carboxylic acids is 1.